The van der Waals surface area contributed by atoms with Gasteiger partial charge in [-0.15, -0.1) is 24.0 Å². The smallest absolute Gasteiger partial charge is 0.234 e. The van der Waals surface area contributed by atoms with Crippen LogP contribution < -0.4 is 15.4 Å². The van der Waals surface area contributed by atoms with Crippen LogP contribution in [0.25, 0.3) is 0 Å². The molecule has 1 atom stereocenters. The second kappa shape index (κ2) is 15.2. The van der Waals surface area contributed by atoms with Crippen molar-refractivity contribution in [1.29, 1.82) is 0 Å². The molecule has 1 heterocycles. The minimum atomic E-state index is -0.318. The van der Waals surface area contributed by atoms with Crippen molar-refractivity contribution in [2.75, 3.05) is 66.1 Å². The van der Waals surface area contributed by atoms with E-state index in [0.717, 1.165) is 38.7 Å². The summed E-state index contributed by atoms with van der Waals surface area (Å²) in [7, 11) is 1.61. The molecule has 0 aliphatic carbocycles. The van der Waals surface area contributed by atoms with Gasteiger partial charge in [-0.25, -0.2) is 9.38 Å². The van der Waals surface area contributed by atoms with Gasteiger partial charge in [0.2, 0.25) is 5.91 Å². The number of aliphatic imine (C=N–C) groups is 1. The molecule has 1 aliphatic rings. The molecule has 1 saturated heterocycles. The number of hydrogen-bond acceptors (Lipinski definition) is 5. The van der Waals surface area contributed by atoms with Crippen LogP contribution in [-0.4, -0.2) is 93.8 Å². The highest BCUT2D eigenvalue weighted by Gasteiger charge is 2.21. The van der Waals surface area contributed by atoms with Crippen molar-refractivity contribution in [3.63, 3.8) is 0 Å². The summed E-state index contributed by atoms with van der Waals surface area (Å²) in [6.45, 7) is 9.76. The number of rotatable bonds is 10. The third-order valence-corrected chi connectivity index (χ3v) is 4.63. The van der Waals surface area contributed by atoms with E-state index in [4.69, 9.17) is 14.5 Å². The Morgan fingerprint density at radius 2 is 2.00 bits per heavy atom. The average molecular weight is 551 g/mol. The molecule has 0 spiro atoms. The maximum Gasteiger partial charge on any atom is 0.234 e. The number of nitrogens with zero attached hydrogens (tertiary/aromatic N) is 3. The predicted octanol–water partition coefficient (Wildman–Crippen LogP) is 1.56. The molecule has 176 valence electrons. The zero-order chi connectivity index (χ0) is 21.8. The number of hydrogen-bond donors (Lipinski definition) is 2. The second-order valence-corrected chi connectivity index (χ2v) is 7.19. The third-order valence-electron chi connectivity index (χ3n) is 4.63. The average Bonchev–Trinajstić information content (AvgIpc) is 2.72. The normalized spacial score (nSPS) is 15.7. The maximum atomic E-state index is 13.3. The number of halogens is 2. The Morgan fingerprint density at radius 1 is 1.26 bits per heavy atom. The van der Waals surface area contributed by atoms with Gasteiger partial charge in [0.05, 0.1) is 19.7 Å². The van der Waals surface area contributed by atoms with E-state index < -0.39 is 0 Å². The van der Waals surface area contributed by atoms with Gasteiger partial charge in [0.1, 0.15) is 17.7 Å². The van der Waals surface area contributed by atoms with Gasteiger partial charge in [0.25, 0.3) is 0 Å². The highest BCUT2D eigenvalue weighted by atomic mass is 127. The van der Waals surface area contributed by atoms with Gasteiger partial charge in [-0.05, 0) is 26.0 Å². The van der Waals surface area contributed by atoms with Gasteiger partial charge in [0, 0.05) is 52.4 Å². The number of benzene rings is 1. The van der Waals surface area contributed by atoms with Crippen LogP contribution in [0.4, 0.5) is 4.39 Å². The van der Waals surface area contributed by atoms with E-state index in [-0.39, 0.29) is 41.8 Å². The van der Waals surface area contributed by atoms with Crippen LogP contribution in [0.15, 0.2) is 29.3 Å². The van der Waals surface area contributed by atoms with E-state index in [9.17, 15) is 9.18 Å². The van der Waals surface area contributed by atoms with Gasteiger partial charge >= 0.3 is 0 Å². The first kappa shape index (κ1) is 27.4. The van der Waals surface area contributed by atoms with Crippen LogP contribution in [0.2, 0.25) is 0 Å². The molecule has 1 aromatic rings. The van der Waals surface area contributed by atoms with E-state index in [1.54, 1.807) is 19.2 Å². The Labute approximate surface area is 201 Å². The molecular weight excluding hydrogens is 516 g/mol. The Morgan fingerprint density at radius 3 is 2.65 bits per heavy atom. The first-order valence-electron chi connectivity index (χ1n) is 10.4. The van der Waals surface area contributed by atoms with Crippen molar-refractivity contribution in [2.45, 2.75) is 20.0 Å². The van der Waals surface area contributed by atoms with Gasteiger partial charge < -0.3 is 25.0 Å². The van der Waals surface area contributed by atoms with Crippen molar-refractivity contribution in [3.05, 3.63) is 30.1 Å². The van der Waals surface area contributed by atoms with Crippen LogP contribution in [0.3, 0.4) is 0 Å². The quantitative estimate of drug-likeness (QED) is 0.199. The number of nitrogens with one attached hydrogen (secondary N) is 2. The summed E-state index contributed by atoms with van der Waals surface area (Å²) >= 11 is 0. The molecule has 2 rings (SSSR count). The van der Waals surface area contributed by atoms with Gasteiger partial charge in [-0.1, -0.05) is 6.07 Å². The fraction of sp³-hybridized carbons (Fsp3) is 0.619. The highest BCUT2D eigenvalue weighted by Crippen LogP contribution is 2.14. The van der Waals surface area contributed by atoms with Crippen LogP contribution in [0.1, 0.15) is 13.8 Å². The number of ether oxygens (including phenoxy) is 2. The van der Waals surface area contributed by atoms with Gasteiger partial charge in [-0.3, -0.25) is 9.69 Å². The van der Waals surface area contributed by atoms with Crippen LogP contribution in [-0.2, 0) is 9.53 Å². The zero-order valence-electron chi connectivity index (χ0n) is 18.6. The first-order valence-corrected chi connectivity index (χ1v) is 10.4. The van der Waals surface area contributed by atoms with Gasteiger partial charge in [-0.2, -0.15) is 0 Å². The summed E-state index contributed by atoms with van der Waals surface area (Å²) in [6.07, 6.45) is -0.183. The number of piperazine rings is 1. The molecule has 1 amide bonds. The maximum absolute atomic E-state index is 13.3. The number of methoxy groups -OCH3 is 1. The van der Waals surface area contributed by atoms with Crippen LogP contribution in [0.5, 0.6) is 5.75 Å². The zero-order valence-corrected chi connectivity index (χ0v) is 20.9. The van der Waals surface area contributed by atoms with E-state index in [0.29, 0.717) is 32.0 Å². The summed E-state index contributed by atoms with van der Waals surface area (Å²) in [5, 5.41) is 6.17. The van der Waals surface area contributed by atoms with Crippen molar-refractivity contribution < 1.29 is 18.7 Å². The fourth-order valence-electron chi connectivity index (χ4n) is 3.12. The molecule has 31 heavy (non-hydrogen) atoms. The lowest BCUT2D eigenvalue weighted by molar-refractivity contribution is -0.122. The summed E-state index contributed by atoms with van der Waals surface area (Å²) in [5.74, 6) is 1.03. The molecule has 0 bridgehead atoms. The van der Waals surface area contributed by atoms with Crippen molar-refractivity contribution in [3.8, 4) is 5.75 Å². The van der Waals surface area contributed by atoms with E-state index >= 15 is 0 Å². The van der Waals surface area contributed by atoms with Crippen LogP contribution >= 0.6 is 24.0 Å². The predicted molar refractivity (Wildman–Crippen MR) is 131 cm³/mol. The van der Waals surface area contributed by atoms with Gasteiger partial charge in [0.15, 0.2) is 5.96 Å². The number of guanidine groups is 1. The second-order valence-electron chi connectivity index (χ2n) is 7.19. The van der Waals surface area contributed by atoms with Crippen LogP contribution in [0, 0.1) is 5.82 Å². The number of carbonyl (C=O) groups is 1. The summed E-state index contributed by atoms with van der Waals surface area (Å²) in [5.41, 5.74) is 0. The fourth-order valence-corrected chi connectivity index (χ4v) is 3.12. The lowest BCUT2D eigenvalue weighted by Crippen LogP contribution is -2.54. The van der Waals surface area contributed by atoms with E-state index in [1.807, 2.05) is 13.8 Å². The first-order chi connectivity index (χ1) is 14.5. The monoisotopic (exact) mass is 551 g/mol. The molecule has 8 nitrogen and oxygen atoms in total. The molecular formula is C21H35FIN5O3. The molecule has 0 saturated carbocycles. The summed E-state index contributed by atoms with van der Waals surface area (Å²) in [4.78, 5) is 21.0. The summed E-state index contributed by atoms with van der Waals surface area (Å²) in [6, 6.07) is 6.12. The Bertz CT molecular complexity index is 687. The lowest BCUT2D eigenvalue weighted by atomic mass is 10.3. The van der Waals surface area contributed by atoms with E-state index in [2.05, 4.69) is 20.4 Å². The van der Waals surface area contributed by atoms with Crippen molar-refractivity contribution >= 4 is 35.8 Å². The molecule has 0 radical (unpaired) electrons. The third kappa shape index (κ3) is 10.5. The number of carbonyl (C=O) groups excluding carboxylic acids is 1. The SMILES string of the molecule is CCNC(=NCC(C)Oc1cccc(F)c1)N1CCN(CC(=O)NCCOC)CC1.I. The van der Waals surface area contributed by atoms with Crippen molar-refractivity contribution in [1.82, 2.24) is 20.4 Å². The lowest BCUT2D eigenvalue weighted by Gasteiger charge is -2.36. The molecule has 1 aliphatic heterocycles. The number of amides is 1. The molecule has 1 fully saturated rings. The van der Waals surface area contributed by atoms with E-state index in [1.165, 1.54) is 12.1 Å². The Hall–Kier alpha value is -1.66. The highest BCUT2D eigenvalue weighted by molar-refractivity contribution is 14.0. The molecule has 0 aromatic heterocycles. The largest absolute Gasteiger partial charge is 0.489 e. The minimum absolute atomic E-state index is 0. The molecule has 2 N–H and O–H groups in total. The molecule has 1 unspecified atom stereocenters. The summed E-state index contributed by atoms with van der Waals surface area (Å²) < 4.78 is 24.0. The standard InChI is InChI=1S/C21H34FN5O3.HI/c1-4-23-21(25-15-17(2)30-19-7-5-6-18(22)14-19)27-11-9-26(10-12-27)16-20(28)24-8-13-29-3;/h5-7,14,17H,4,8-13,15-16H2,1-3H3,(H,23,25)(H,24,28);1H. The topological polar surface area (TPSA) is 78.4 Å². The Balaban J connectivity index is 0.00000480. The molecule has 10 heteroatoms. The van der Waals surface area contributed by atoms with Crippen molar-refractivity contribution in [2.24, 2.45) is 4.99 Å². The minimum Gasteiger partial charge on any atom is -0.489 e. The Kier molecular flexibility index (Phi) is 13.4. The molecule has 1 aromatic carbocycles.